The largest absolute Gasteiger partial charge is 0.352 e. The lowest BCUT2D eigenvalue weighted by Crippen LogP contribution is -2.39. The third-order valence-electron chi connectivity index (χ3n) is 6.80. The summed E-state index contributed by atoms with van der Waals surface area (Å²) in [4.78, 5) is 23.2. The molecule has 4 aromatic rings. The van der Waals surface area contributed by atoms with Crippen molar-refractivity contribution in [1.82, 2.24) is 19.9 Å². The molecule has 2 saturated carbocycles. The average molecular weight is 411 g/mol. The maximum absolute atomic E-state index is 13.6. The Kier molecular flexibility index (Phi) is 4.48. The van der Waals surface area contributed by atoms with Crippen molar-refractivity contribution in [2.24, 2.45) is 5.92 Å². The second kappa shape index (κ2) is 7.49. The van der Waals surface area contributed by atoms with E-state index in [1.54, 1.807) is 0 Å². The number of aromatic nitrogens is 3. The Morgan fingerprint density at radius 1 is 0.935 bits per heavy atom. The van der Waals surface area contributed by atoms with E-state index < -0.39 is 0 Å². The second-order valence-electron chi connectivity index (χ2n) is 8.94. The fourth-order valence-corrected chi connectivity index (χ4v) is 5.12. The van der Waals surface area contributed by atoms with Crippen molar-refractivity contribution in [1.29, 1.82) is 0 Å². The summed E-state index contributed by atoms with van der Waals surface area (Å²) in [6.45, 7) is 0. The minimum absolute atomic E-state index is 0.150. The zero-order chi connectivity index (χ0) is 20.8. The van der Waals surface area contributed by atoms with E-state index in [-0.39, 0.29) is 11.9 Å². The number of benzene rings is 2. The highest BCUT2D eigenvalue weighted by Crippen LogP contribution is 2.44. The molecule has 2 fully saturated rings. The number of imidazole rings is 1. The van der Waals surface area contributed by atoms with Crippen molar-refractivity contribution in [3.63, 3.8) is 0 Å². The van der Waals surface area contributed by atoms with E-state index in [0.717, 1.165) is 59.0 Å². The Balaban J connectivity index is 1.54. The summed E-state index contributed by atoms with van der Waals surface area (Å²) in [5, 5.41) is 4.43. The van der Waals surface area contributed by atoms with Crippen LogP contribution in [0.2, 0.25) is 0 Å². The van der Waals surface area contributed by atoms with Gasteiger partial charge in [-0.25, -0.2) is 4.98 Å². The van der Waals surface area contributed by atoms with Crippen LogP contribution in [0, 0.1) is 5.92 Å². The molecular formula is C26H26N4O. The number of nitrogens with zero attached hydrogens (tertiary/aromatic N) is 3. The molecule has 2 aliphatic carbocycles. The number of carbonyl (C=O) groups excluding carboxylic acids is 1. The first-order chi connectivity index (χ1) is 15.3. The Labute approximate surface area is 181 Å². The smallest absolute Gasteiger partial charge is 0.243 e. The fraction of sp³-hybridized carbons (Fsp3) is 0.346. The van der Waals surface area contributed by atoms with Crippen molar-refractivity contribution in [3.8, 4) is 11.4 Å². The summed E-state index contributed by atoms with van der Waals surface area (Å²) in [6, 6.07) is 18.4. The van der Waals surface area contributed by atoms with Crippen molar-refractivity contribution in [3.05, 3.63) is 60.8 Å². The van der Waals surface area contributed by atoms with Crippen LogP contribution in [0.15, 0.2) is 60.8 Å². The van der Waals surface area contributed by atoms with Gasteiger partial charge in [0.1, 0.15) is 11.9 Å². The Morgan fingerprint density at radius 2 is 1.68 bits per heavy atom. The van der Waals surface area contributed by atoms with Crippen LogP contribution in [-0.4, -0.2) is 26.5 Å². The molecule has 2 aromatic carbocycles. The van der Waals surface area contributed by atoms with Gasteiger partial charge in [0.25, 0.3) is 0 Å². The predicted octanol–water partition coefficient (Wildman–Crippen LogP) is 5.26. The molecule has 1 atom stereocenters. The van der Waals surface area contributed by atoms with Gasteiger partial charge in [0, 0.05) is 23.2 Å². The molecular weight excluding hydrogens is 384 g/mol. The number of para-hydroxylation sites is 3. The molecule has 31 heavy (non-hydrogen) atoms. The first-order valence-electron chi connectivity index (χ1n) is 11.4. The van der Waals surface area contributed by atoms with E-state index in [1.807, 2.05) is 48.7 Å². The van der Waals surface area contributed by atoms with Crippen LogP contribution >= 0.6 is 0 Å². The fourth-order valence-electron chi connectivity index (χ4n) is 5.12. The van der Waals surface area contributed by atoms with Crippen LogP contribution in [0.4, 0.5) is 0 Å². The molecule has 156 valence electrons. The summed E-state index contributed by atoms with van der Waals surface area (Å²) in [5.74, 6) is 1.38. The molecule has 0 bridgehead atoms. The van der Waals surface area contributed by atoms with Gasteiger partial charge in [-0.05, 0) is 55.9 Å². The number of hydrogen-bond donors (Lipinski definition) is 1. The molecule has 0 radical (unpaired) electrons. The number of nitrogens with one attached hydrogen (secondary N) is 1. The van der Waals surface area contributed by atoms with Gasteiger partial charge in [-0.1, -0.05) is 43.2 Å². The molecule has 2 aliphatic rings. The Bertz CT molecular complexity index is 1260. The van der Waals surface area contributed by atoms with Crippen molar-refractivity contribution in [2.45, 2.75) is 50.6 Å². The molecule has 5 heteroatoms. The zero-order valence-corrected chi connectivity index (χ0v) is 17.5. The predicted molar refractivity (Wildman–Crippen MR) is 123 cm³/mol. The molecule has 5 nitrogen and oxygen atoms in total. The highest BCUT2D eigenvalue weighted by molar-refractivity contribution is 5.96. The third-order valence-corrected chi connectivity index (χ3v) is 6.80. The topological polar surface area (TPSA) is 59.8 Å². The molecule has 2 aromatic heterocycles. The maximum atomic E-state index is 13.6. The third kappa shape index (κ3) is 3.29. The van der Waals surface area contributed by atoms with Gasteiger partial charge in [-0.2, -0.15) is 0 Å². The Morgan fingerprint density at radius 3 is 2.48 bits per heavy atom. The quantitative estimate of drug-likeness (QED) is 0.488. The lowest BCUT2D eigenvalue weighted by Gasteiger charge is -2.23. The summed E-state index contributed by atoms with van der Waals surface area (Å²) < 4.78 is 2.21. The van der Waals surface area contributed by atoms with Gasteiger partial charge in [-0.15, -0.1) is 0 Å². The molecule has 2 heterocycles. The van der Waals surface area contributed by atoms with Crippen LogP contribution in [0.5, 0.6) is 0 Å². The molecule has 0 spiro atoms. The Hall–Kier alpha value is -3.21. The van der Waals surface area contributed by atoms with E-state index in [9.17, 15) is 4.79 Å². The van der Waals surface area contributed by atoms with Gasteiger partial charge in [-0.3, -0.25) is 9.78 Å². The molecule has 1 amide bonds. The van der Waals surface area contributed by atoms with Crippen LogP contribution in [-0.2, 0) is 4.79 Å². The first kappa shape index (κ1) is 18.6. The summed E-state index contributed by atoms with van der Waals surface area (Å²) in [5.41, 5.74) is 3.92. The average Bonchev–Trinajstić information content (AvgIpc) is 3.36. The first-order valence-corrected chi connectivity index (χ1v) is 11.4. The summed E-state index contributed by atoms with van der Waals surface area (Å²) >= 11 is 0. The molecule has 1 unspecified atom stereocenters. The maximum Gasteiger partial charge on any atom is 0.243 e. The minimum Gasteiger partial charge on any atom is -0.352 e. The van der Waals surface area contributed by atoms with Gasteiger partial charge in [0.2, 0.25) is 5.91 Å². The molecule has 6 rings (SSSR count). The van der Waals surface area contributed by atoms with Crippen LogP contribution < -0.4 is 5.32 Å². The monoisotopic (exact) mass is 410 g/mol. The lowest BCUT2D eigenvalue weighted by molar-refractivity contribution is -0.125. The standard InChI is InChI=1S/C26H26N4O/c31-26(28-18-7-1-2-8-18)24(17-13-14-17)30-23-12-6-5-11-22(23)29-25(30)20-15-16-27-21-10-4-3-9-19(20)21/h3-6,9-12,15-18,24H,1-2,7-8,13-14H2,(H,28,31). The van der Waals surface area contributed by atoms with E-state index in [0.29, 0.717) is 12.0 Å². The van der Waals surface area contributed by atoms with Gasteiger partial charge in [0.15, 0.2) is 0 Å². The number of amides is 1. The number of pyridine rings is 1. The van der Waals surface area contributed by atoms with Crippen LogP contribution in [0.1, 0.15) is 44.6 Å². The number of hydrogen-bond acceptors (Lipinski definition) is 3. The van der Waals surface area contributed by atoms with Crippen molar-refractivity contribution in [2.75, 3.05) is 0 Å². The second-order valence-corrected chi connectivity index (χ2v) is 8.94. The van der Waals surface area contributed by atoms with Crippen LogP contribution in [0.25, 0.3) is 33.3 Å². The van der Waals surface area contributed by atoms with E-state index in [1.165, 1.54) is 12.8 Å². The molecule has 0 saturated heterocycles. The van der Waals surface area contributed by atoms with Crippen LogP contribution in [0.3, 0.4) is 0 Å². The molecule has 1 N–H and O–H groups in total. The summed E-state index contributed by atoms with van der Waals surface area (Å²) in [6.07, 6.45) is 8.62. The number of fused-ring (bicyclic) bond motifs is 2. The van der Waals surface area contributed by atoms with E-state index in [4.69, 9.17) is 4.98 Å². The zero-order valence-electron chi connectivity index (χ0n) is 17.5. The molecule has 0 aliphatic heterocycles. The van der Waals surface area contributed by atoms with Gasteiger partial charge < -0.3 is 9.88 Å². The van der Waals surface area contributed by atoms with Gasteiger partial charge in [0.05, 0.1) is 16.6 Å². The highest BCUT2D eigenvalue weighted by atomic mass is 16.2. The summed E-state index contributed by atoms with van der Waals surface area (Å²) in [7, 11) is 0. The minimum atomic E-state index is -0.227. The number of carbonyl (C=O) groups is 1. The van der Waals surface area contributed by atoms with Crippen molar-refractivity contribution >= 4 is 27.8 Å². The highest BCUT2D eigenvalue weighted by Gasteiger charge is 2.40. The number of rotatable bonds is 5. The van der Waals surface area contributed by atoms with E-state index >= 15 is 0 Å². The van der Waals surface area contributed by atoms with Gasteiger partial charge >= 0.3 is 0 Å². The lowest BCUT2D eigenvalue weighted by atomic mass is 10.1. The van der Waals surface area contributed by atoms with E-state index in [2.05, 4.69) is 27.0 Å². The normalized spacial score (nSPS) is 17.9. The SMILES string of the molecule is O=C(NC1CCCC1)C(C1CC1)n1c(-c2ccnc3ccccc23)nc2ccccc21. The van der Waals surface area contributed by atoms with Crippen molar-refractivity contribution < 1.29 is 4.79 Å².